The second-order valence-electron chi connectivity index (χ2n) is 5.50. The highest BCUT2D eigenvalue weighted by Gasteiger charge is 2.22. The minimum atomic E-state index is -0.603. The molecule has 2 N–H and O–H groups in total. The van der Waals surface area contributed by atoms with Gasteiger partial charge in [-0.05, 0) is 32.8 Å². The Bertz CT molecular complexity index is 595. The third kappa shape index (κ3) is 5.67. The second kappa shape index (κ2) is 8.67. The normalized spacial score (nSPS) is 11.7. The smallest absolute Gasteiger partial charge is 0.341 e. The molecule has 0 fully saturated rings. The van der Waals surface area contributed by atoms with Crippen LogP contribution in [0.3, 0.4) is 0 Å². The molecular weight excluding hydrogens is 316 g/mol. The Hall–Kier alpha value is -1.89. The zero-order chi connectivity index (χ0) is 17.6. The summed E-state index contributed by atoms with van der Waals surface area (Å²) in [6.45, 7) is 8.64. The van der Waals surface area contributed by atoms with E-state index in [0.29, 0.717) is 10.6 Å². The summed E-state index contributed by atoms with van der Waals surface area (Å²) < 4.78 is 5.09. The van der Waals surface area contributed by atoms with Gasteiger partial charge in [-0.3, -0.25) is 9.59 Å². The SMILES string of the molecule is CCC[C@@H](C)NC(=O)COC(=O)c1c(NC(C)=O)sc(C)c1C. The number of carbonyl (C=O) groups excluding carboxylic acids is 3. The number of esters is 1. The van der Waals surface area contributed by atoms with Crippen LogP contribution in [0.4, 0.5) is 5.00 Å². The molecule has 23 heavy (non-hydrogen) atoms. The summed E-state index contributed by atoms with van der Waals surface area (Å²) in [5, 5.41) is 5.86. The van der Waals surface area contributed by atoms with Gasteiger partial charge >= 0.3 is 5.97 Å². The Balaban J connectivity index is 2.71. The number of hydrogen-bond donors (Lipinski definition) is 2. The van der Waals surface area contributed by atoms with Crippen LogP contribution >= 0.6 is 11.3 Å². The maximum atomic E-state index is 12.3. The predicted molar refractivity (Wildman–Crippen MR) is 90.9 cm³/mol. The molecule has 1 heterocycles. The molecule has 1 aromatic heterocycles. The van der Waals surface area contributed by atoms with E-state index in [1.165, 1.54) is 18.3 Å². The first-order chi connectivity index (χ1) is 10.8. The van der Waals surface area contributed by atoms with Crippen LogP contribution in [0, 0.1) is 13.8 Å². The van der Waals surface area contributed by atoms with Crippen LogP contribution in [0.15, 0.2) is 0 Å². The van der Waals surface area contributed by atoms with Gasteiger partial charge < -0.3 is 15.4 Å². The third-order valence-corrected chi connectivity index (χ3v) is 4.47. The topological polar surface area (TPSA) is 84.5 Å². The number of anilines is 1. The first-order valence-electron chi connectivity index (χ1n) is 7.60. The maximum Gasteiger partial charge on any atom is 0.341 e. The summed E-state index contributed by atoms with van der Waals surface area (Å²) in [6, 6.07) is 0.0475. The van der Waals surface area contributed by atoms with E-state index in [2.05, 4.69) is 10.6 Å². The summed E-state index contributed by atoms with van der Waals surface area (Å²) in [5.41, 5.74) is 1.07. The van der Waals surface area contributed by atoms with Crippen LogP contribution in [-0.4, -0.2) is 30.4 Å². The van der Waals surface area contributed by atoms with Crippen LogP contribution in [0.25, 0.3) is 0 Å². The zero-order valence-corrected chi connectivity index (χ0v) is 15.1. The van der Waals surface area contributed by atoms with Crippen molar-refractivity contribution in [1.29, 1.82) is 0 Å². The van der Waals surface area contributed by atoms with Gasteiger partial charge in [0.15, 0.2) is 6.61 Å². The molecule has 6 nitrogen and oxygen atoms in total. The minimum Gasteiger partial charge on any atom is -0.452 e. The Labute approximate surface area is 140 Å². The first kappa shape index (κ1) is 19.2. The van der Waals surface area contributed by atoms with E-state index >= 15 is 0 Å². The van der Waals surface area contributed by atoms with E-state index in [1.807, 2.05) is 20.8 Å². The van der Waals surface area contributed by atoms with Crippen molar-refractivity contribution in [2.45, 2.75) is 53.5 Å². The molecule has 0 saturated carbocycles. The van der Waals surface area contributed by atoms with E-state index in [1.54, 1.807) is 6.92 Å². The van der Waals surface area contributed by atoms with E-state index < -0.39 is 5.97 Å². The molecule has 1 aromatic rings. The summed E-state index contributed by atoms with van der Waals surface area (Å²) >= 11 is 1.32. The first-order valence-corrected chi connectivity index (χ1v) is 8.41. The number of nitrogens with one attached hydrogen (secondary N) is 2. The van der Waals surface area contributed by atoms with Crippen molar-refractivity contribution in [2.24, 2.45) is 0 Å². The number of aryl methyl sites for hydroxylation is 1. The fourth-order valence-electron chi connectivity index (χ4n) is 2.15. The average molecular weight is 340 g/mol. The number of ether oxygens (including phenoxy) is 1. The summed E-state index contributed by atoms with van der Waals surface area (Å²) in [6.07, 6.45) is 1.84. The van der Waals surface area contributed by atoms with E-state index in [0.717, 1.165) is 23.3 Å². The minimum absolute atomic E-state index is 0.0475. The standard InChI is InChI=1S/C16H24N2O4S/c1-6-7-9(2)17-13(20)8-22-16(21)14-10(3)11(4)23-15(14)18-12(5)19/h9H,6-8H2,1-5H3,(H,17,20)(H,18,19)/t9-/m1/s1. The van der Waals surface area contributed by atoms with Gasteiger partial charge in [-0.25, -0.2) is 4.79 Å². The molecule has 0 saturated heterocycles. The maximum absolute atomic E-state index is 12.3. The molecule has 128 valence electrons. The summed E-state index contributed by atoms with van der Waals surface area (Å²) in [4.78, 5) is 36.2. The molecule has 0 aliphatic carbocycles. The largest absolute Gasteiger partial charge is 0.452 e. The fourth-order valence-corrected chi connectivity index (χ4v) is 3.24. The van der Waals surface area contributed by atoms with Crippen LogP contribution in [0.2, 0.25) is 0 Å². The molecule has 0 aliphatic rings. The van der Waals surface area contributed by atoms with Crippen molar-refractivity contribution < 1.29 is 19.1 Å². The Morgan fingerprint density at radius 3 is 2.48 bits per heavy atom. The number of amides is 2. The Kier molecular flexibility index (Phi) is 7.22. The summed E-state index contributed by atoms with van der Waals surface area (Å²) in [5.74, 6) is -1.19. The second-order valence-corrected chi connectivity index (χ2v) is 6.73. The van der Waals surface area contributed by atoms with E-state index in [9.17, 15) is 14.4 Å². The van der Waals surface area contributed by atoms with Gasteiger partial charge in [0.25, 0.3) is 5.91 Å². The number of hydrogen-bond acceptors (Lipinski definition) is 5. The van der Waals surface area contributed by atoms with Crippen molar-refractivity contribution in [2.75, 3.05) is 11.9 Å². The van der Waals surface area contributed by atoms with Crippen molar-refractivity contribution in [3.63, 3.8) is 0 Å². The number of carbonyl (C=O) groups is 3. The lowest BCUT2D eigenvalue weighted by molar-refractivity contribution is -0.124. The van der Waals surface area contributed by atoms with Crippen molar-refractivity contribution in [1.82, 2.24) is 5.32 Å². The van der Waals surface area contributed by atoms with Gasteiger partial charge in [0.2, 0.25) is 5.91 Å². The van der Waals surface area contributed by atoms with Gasteiger partial charge in [-0.15, -0.1) is 11.3 Å². The van der Waals surface area contributed by atoms with Crippen LogP contribution in [0.5, 0.6) is 0 Å². The van der Waals surface area contributed by atoms with E-state index in [-0.39, 0.29) is 24.5 Å². The van der Waals surface area contributed by atoms with Crippen molar-refractivity contribution in [3.8, 4) is 0 Å². The van der Waals surface area contributed by atoms with Gasteiger partial charge in [-0.2, -0.15) is 0 Å². The van der Waals surface area contributed by atoms with Gasteiger partial charge in [-0.1, -0.05) is 13.3 Å². The monoisotopic (exact) mass is 340 g/mol. The van der Waals surface area contributed by atoms with E-state index in [4.69, 9.17) is 4.74 Å². The summed E-state index contributed by atoms with van der Waals surface area (Å²) in [7, 11) is 0. The van der Waals surface area contributed by atoms with Crippen LogP contribution in [0.1, 0.15) is 54.4 Å². The lowest BCUT2D eigenvalue weighted by Crippen LogP contribution is -2.35. The molecule has 0 aliphatic heterocycles. The quantitative estimate of drug-likeness (QED) is 0.748. The molecule has 7 heteroatoms. The van der Waals surface area contributed by atoms with Gasteiger partial charge in [0, 0.05) is 17.8 Å². The predicted octanol–water partition coefficient (Wildman–Crippen LogP) is 2.78. The molecule has 0 bridgehead atoms. The lowest BCUT2D eigenvalue weighted by Gasteiger charge is -2.13. The number of thiophene rings is 1. The van der Waals surface area contributed by atoms with Gasteiger partial charge in [0.1, 0.15) is 5.00 Å². The molecule has 0 aromatic carbocycles. The molecule has 1 rings (SSSR count). The highest BCUT2D eigenvalue weighted by Crippen LogP contribution is 2.32. The van der Waals surface area contributed by atoms with Gasteiger partial charge in [0.05, 0.1) is 5.56 Å². The molecule has 0 radical (unpaired) electrons. The molecule has 0 spiro atoms. The van der Waals surface area contributed by atoms with Crippen molar-refractivity contribution >= 4 is 34.1 Å². The zero-order valence-electron chi connectivity index (χ0n) is 14.2. The highest BCUT2D eigenvalue weighted by atomic mass is 32.1. The fraction of sp³-hybridized carbons (Fsp3) is 0.562. The van der Waals surface area contributed by atoms with Crippen LogP contribution < -0.4 is 10.6 Å². The molecule has 1 atom stereocenters. The lowest BCUT2D eigenvalue weighted by atomic mass is 10.1. The average Bonchev–Trinajstić information content (AvgIpc) is 2.70. The Morgan fingerprint density at radius 1 is 1.26 bits per heavy atom. The van der Waals surface area contributed by atoms with Crippen molar-refractivity contribution in [3.05, 3.63) is 16.0 Å². The number of rotatable bonds is 7. The molecular formula is C16H24N2O4S. The molecule has 0 unspecified atom stereocenters. The highest BCUT2D eigenvalue weighted by molar-refractivity contribution is 7.16. The van der Waals surface area contributed by atoms with Crippen LogP contribution in [-0.2, 0) is 14.3 Å². The third-order valence-electron chi connectivity index (χ3n) is 3.34. The molecule has 2 amide bonds. The Morgan fingerprint density at radius 2 is 1.91 bits per heavy atom.